The maximum atomic E-state index is 12.2. The van der Waals surface area contributed by atoms with Crippen LogP contribution >= 0.6 is 0 Å². The van der Waals surface area contributed by atoms with E-state index in [-0.39, 0.29) is 11.3 Å². The summed E-state index contributed by atoms with van der Waals surface area (Å²) in [5.74, 6) is 1.42. The largest absolute Gasteiger partial charge is 0.507 e. The SMILES string of the molecule is Cc1cc(Nc2n[nH]c(NCc3cc(C)c(O)c(C)c3)c2C(N)=O)cnc1N1CCN(C)CC1. The number of nitrogens with zero attached hydrogens (tertiary/aromatic N) is 4. The number of carbonyl (C=O) groups excluding carboxylic acids is 1. The van der Waals surface area contributed by atoms with Crippen molar-refractivity contribution in [2.45, 2.75) is 27.3 Å². The molecular weight excluding hydrogens is 432 g/mol. The number of hydrogen-bond donors (Lipinski definition) is 5. The molecule has 2 aromatic heterocycles. The average molecular weight is 465 g/mol. The first kappa shape index (κ1) is 23.4. The van der Waals surface area contributed by atoms with Gasteiger partial charge in [-0.2, -0.15) is 5.10 Å². The van der Waals surface area contributed by atoms with Gasteiger partial charge in [0.05, 0.1) is 11.9 Å². The molecule has 0 unspecified atom stereocenters. The number of nitrogens with one attached hydrogen (secondary N) is 3. The van der Waals surface area contributed by atoms with E-state index >= 15 is 0 Å². The number of phenols is 1. The Labute approximate surface area is 199 Å². The molecule has 180 valence electrons. The van der Waals surface area contributed by atoms with Crippen molar-refractivity contribution in [3.8, 4) is 5.75 Å². The molecule has 0 radical (unpaired) electrons. The molecule has 1 amide bonds. The fraction of sp³-hybridized carbons (Fsp3) is 0.375. The van der Waals surface area contributed by atoms with E-state index in [0.29, 0.717) is 18.2 Å². The van der Waals surface area contributed by atoms with Crippen LogP contribution in [0.4, 0.5) is 23.1 Å². The van der Waals surface area contributed by atoms with Gasteiger partial charge < -0.3 is 31.3 Å². The number of aromatic nitrogens is 3. The lowest BCUT2D eigenvalue weighted by molar-refractivity contribution is 0.100. The van der Waals surface area contributed by atoms with Crippen LogP contribution in [0.1, 0.15) is 32.6 Å². The van der Waals surface area contributed by atoms with Crippen LogP contribution in [0.15, 0.2) is 24.4 Å². The molecule has 0 saturated carbocycles. The lowest BCUT2D eigenvalue weighted by Crippen LogP contribution is -2.45. The number of rotatable bonds is 7. The number of hydrogen-bond acceptors (Lipinski definition) is 8. The van der Waals surface area contributed by atoms with Crippen LogP contribution < -0.4 is 21.3 Å². The minimum Gasteiger partial charge on any atom is -0.507 e. The third kappa shape index (κ3) is 4.91. The molecule has 6 N–H and O–H groups in total. The Hall–Kier alpha value is -3.79. The number of aryl methyl sites for hydroxylation is 3. The van der Waals surface area contributed by atoms with E-state index in [4.69, 9.17) is 5.73 Å². The number of pyridine rings is 1. The number of aromatic hydroxyl groups is 1. The van der Waals surface area contributed by atoms with Crippen molar-refractivity contribution >= 4 is 29.0 Å². The monoisotopic (exact) mass is 464 g/mol. The molecule has 10 heteroatoms. The zero-order valence-corrected chi connectivity index (χ0v) is 20.1. The summed E-state index contributed by atoms with van der Waals surface area (Å²) in [4.78, 5) is 21.5. The number of aromatic amines is 1. The second-order valence-corrected chi connectivity index (χ2v) is 8.90. The van der Waals surface area contributed by atoms with Crippen molar-refractivity contribution in [3.63, 3.8) is 0 Å². The highest BCUT2D eigenvalue weighted by Gasteiger charge is 2.20. The van der Waals surface area contributed by atoms with E-state index in [1.807, 2.05) is 39.0 Å². The van der Waals surface area contributed by atoms with Gasteiger partial charge in [-0.25, -0.2) is 4.98 Å². The van der Waals surface area contributed by atoms with Crippen molar-refractivity contribution in [2.75, 3.05) is 48.8 Å². The number of amides is 1. The number of carbonyl (C=O) groups is 1. The maximum Gasteiger partial charge on any atom is 0.256 e. The van der Waals surface area contributed by atoms with Crippen LogP contribution in [-0.2, 0) is 6.54 Å². The Kier molecular flexibility index (Phi) is 6.60. The summed E-state index contributed by atoms with van der Waals surface area (Å²) in [5.41, 5.74) is 10.2. The molecule has 4 rings (SSSR count). The Balaban J connectivity index is 1.50. The highest BCUT2D eigenvalue weighted by molar-refractivity contribution is 6.03. The Morgan fingerprint density at radius 1 is 1.12 bits per heavy atom. The molecule has 0 aliphatic carbocycles. The summed E-state index contributed by atoms with van der Waals surface area (Å²) in [6.45, 7) is 10.1. The Morgan fingerprint density at radius 2 is 1.79 bits per heavy atom. The molecule has 1 aliphatic rings. The summed E-state index contributed by atoms with van der Waals surface area (Å²) in [7, 11) is 2.13. The standard InChI is InChI=1S/C24H32N8O2/c1-14-9-17(10-15(2)20(14)33)12-26-22-19(21(25)34)23(30-29-22)28-18-11-16(3)24(27-13-18)32-7-5-31(4)6-8-32/h9-11,13,33H,5-8,12H2,1-4H3,(H2,25,34)(H3,26,28,29,30). The van der Waals surface area contributed by atoms with Gasteiger partial charge in [-0.05, 0) is 56.1 Å². The minimum absolute atomic E-state index is 0.244. The van der Waals surface area contributed by atoms with E-state index in [0.717, 1.165) is 59.9 Å². The Morgan fingerprint density at radius 3 is 2.41 bits per heavy atom. The number of H-pyrrole nitrogens is 1. The van der Waals surface area contributed by atoms with Gasteiger partial charge in [-0.15, -0.1) is 0 Å². The molecule has 10 nitrogen and oxygen atoms in total. The number of benzene rings is 1. The average Bonchev–Trinajstić information content (AvgIpc) is 3.19. The Bertz CT molecular complexity index is 1170. The van der Waals surface area contributed by atoms with Crippen molar-refractivity contribution in [2.24, 2.45) is 5.73 Å². The number of piperazine rings is 1. The van der Waals surface area contributed by atoms with E-state index in [2.05, 4.69) is 42.7 Å². The lowest BCUT2D eigenvalue weighted by atomic mass is 10.1. The van der Waals surface area contributed by atoms with E-state index < -0.39 is 5.91 Å². The van der Waals surface area contributed by atoms with Gasteiger partial charge in [0, 0.05) is 32.7 Å². The summed E-state index contributed by atoms with van der Waals surface area (Å²) >= 11 is 0. The first-order chi connectivity index (χ1) is 16.2. The van der Waals surface area contributed by atoms with Crippen LogP contribution in [0.2, 0.25) is 0 Å². The third-order valence-corrected chi connectivity index (χ3v) is 6.15. The second-order valence-electron chi connectivity index (χ2n) is 8.90. The van der Waals surface area contributed by atoms with Gasteiger partial charge in [0.1, 0.15) is 22.9 Å². The zero-order chi connectivity index (χ0) is 24.4. The topological polar surface area (TPSA) is 135 Å². The van der Waals surface area contributed by atoms with Gasteiger partial charge in [0.15, 0.2) is 5.82 Å². The molecule has 0 atom stereocenters. The zero-order valence-electron chi connectivity index (χ0n) is 20.1. The number of phenolic OH excluding ortho intramolecular Hbond substituents is 1. The molecule has 34 heavy (non-hydrogen) atoms. The first-order valence-corrected chi connectivity index (χ1v) is 11.3. The summed E-state index contributed by atoms with van der Waals surface area (Å²) in [5, 5.41) is 23.5. The van der Waals surface area contributed by atoms with Crippen molar-refractivity contribution in [1.29, 1.82) is 0 Å². The van der Waals surface area contributed by atoms with Crippen molar-refractivity contribution in [1.82, 2.24) is 20.1 Å². The second kappa shape index (κ2) is 9.60. The van der Waals surface area contributed by atoms with Crippen LogP contribution in [-0.4, -0.2) is 64.3 Å². The smallest absolute Gasteiger partial charge is 0.256 e. The van der Waals surface area contributed by atoms with E-state index in [1.54, 1.807) is 6.20 Å². The van der Waals surface area contributed by atoms with Gasteiger partial charge in [0.25, 0.3) is 5.91 Å². The van der Waals surface area contributed by atoms with E-state index in [9.17, 15) is 9.90 Å². The van der Waals surface area contributed by atoms with Gasteiger partial charge in [-0.1, -0.05) is 12.1 Å². The highest BCUT2D eigenvalue weighted by Crippen LogP contribution is 2.28. The normalized spacial score (nSPS) is 14.3. The molecule has 3 heterocycles. The molecule has 1 fully saturated rings. The van der Waals surface area contributed by atoms with Gasteiger partial charge in [-0.3, -0.25) is 9.89 Å². The minimum atomic E-state index is -0.601. The third-order valence-electron chi connectivity index (χ3n) is 6.15. The maximum absolute atomic E-state index is 12.2. The van der Waals surface area contributed by atoms with Crippen LogP contribution in [0.3, 0.4) is 0 Å². The fourth-order valence-electron chi connectivity index (χ4n) is 4.26. The molecular formula is C24H32N8O2. The number of nitrogens with two attached hydrogens (primary N) is 1. The molecule has 0 spiro atoms. The van der Waals surface area contributed by atoms with Crippen LogP contribution in [0.25, 0.3) is 0 Å². The van der Waals surface area contributed by atoms with Crippen molar-refractivity contribution in [3.05, 3.63) is 52.2 Å². The first-order valence-electron chi connectivity index (χ1n) is 11.3. The van der Waals surface area contributed by atoms with Crippen molar-refractivity contribution < 1.29 is 9.90 Å². The molecule has 1 saturated heterocycles. The molecule has 0 bridgehead atoms. The highest BCUT2D eigenvalue weighted by atomic mass is 16.3. The summed E-state index contributed by atoms with van der Waals surface area (Å²) in [6.07, 6.45) is 1.75. The predicted octanol–water partition coefficient (Wildman–Crippen LogP) is 2.64. The summed E-state index contributed by atoms with van der Waals surface area (Å²) in [6, 6.07) is 5.78. The van der Waals surface area contributed by atoms with E-state index in [1.165, 1.54) is 0 Å². The van der Waals surface area contributed by atoms with Gasteiger partial charge in [0.2, 0.25) is 0 Å². The van der Waals surface area contributed by atoms with Crippen LogP contribution in [0.5, 0.6) is 5.75 Å². The number of anilines is 4. The molecule has 3 aromatic rings. The summed E-state index contributed by atoms with van der Waals surface area (Å²) < 4.78 is 0. The quantitative estimate of drug-likeness (QED) is 0.360. The van der Waals surface area contributed by atoms with Crippen LogP contribution in [0, 0.1) is 20.8 Å². The lowest BCUT2D eigenvalue weighted by Gasteiger charge is -2.34. The molecule has 1 aromatic carbocycles. The predicted molar refractivity (Wildman–Crippen MR) is 134 cm³/mol. The van der Waals surface area contributed by atoms with Gasteiger partial charge >= 0.3 is 0 Å². The fourth-order valence-corrected chi connectivity index (χ4v) is 4.26. The molecule has 1 aliphatic heterocycles. The number of primary amides is 1. The number of likely N-dealkylation sites (N-methyl/N-ethyl adjacent to an activating group) is 1.